The summed E-state index contributed by atoms with van der Waals surface area (Å²) < 4.78 is 7.13. The van der Waals surface area contributed by atoms with Gasteiger partial charge in [0.05, 0.1) is 30.8 Å². The highest BCUT2D eigenvalue weighted by atomic mass is 16.5. The molecule has 1 fully saturated rings. The molecule has 1 aliphatic heterocycles. The van der Waals surface area contributed by atoms with Crippen molar-refractivity contribution < 1.29 is 9.53 Å². The van der Waals surface area contributed by atoms with Gasteiger partial charge in [0.2, 0.25) is 0 Å². The van der Waals surface area contributed by atoms with Crippen LogP contribution in [0, 0.1) is 11.3 Å². The van der Waals surface area contributed by atoms with Crippen molar-refractivity contribution in [1.29, 1.82) is 5.26 Å². The quantitative estimate of drug-likeness (QED) is 0.855. The standard InChI is InChI=1S/C18H20N6O2/c1-24-17(15-10-26-5-4-16(15)23-24)18(25)22-14-6-13(7-14)21-12-3-2-11(8-19)20-9-12/h2-3,9,13-14,21H,4-7,10H2,1H3,(H,22,25). The summed E-state index contributed by atoms with van der Waals surface area (Å²) in [6.45, 7) is 1.11. The summed E-state index contributed by atoms with van der Waals surface area (Å²) in [6, 6.07) is 5.97. The van der Waals surface area contributed by atoms with Crippen molar-refractivity contribution in [3.8, 4) is 6.07 Å². The lowest BCUT2D eigenvalue weighted by Gasteiger charge is -2.36. The fourth-order valence-electron chi connectivity index (χ4n) is 3.49. The molecule has 8 heteroatoms. The molecule has 134 valence electrons. The van der Waals surface area contributed by atoms with Gasteiger partial charge in [0, 0.05) is 31.1 Å². The number of carbonyl (C=O) groups is 1. The molecule has 0 aromatic carbocycles. The number of anilines is 1. The van der Waals surface area contributed by atoms with Crippen LogP contribution in [0.25, 0.3) is 0 Å². The van der Waals surface area contributed by atoms with Gasteiger partial charge in [0.1, 0.15) is 17.5 Å². The zero-order chi connectivity index (χ0) is 18.1. The molecule has 1 saturated carbocycles. The van der Waals surface area contributed by atoms with Gasteiger partial charge < -0.3 is 15.4 Å². The van der Waals surface area contributed by atoms with Crippen LogP contribution in [0.2, 0.25) is 0 Å². The number of nitrogens with zero attached hydrogens (tertiary/aromatic N) is 4. The van der Waals surface area contributed by atoms with Crippen LogP contribution >= 0.6 is 0 Å². The number of nitrogens with one attached hydrogen (secondary N) is 2. The maximum absolute atomic E-state index is 12.6. The average Bonchev–Trinajstić information content (AvgIpc) is 2.96. The Hall–Kier alpha value is -2.92. The number of fused-ring (bicyclic) bond motifs is 1. The fourth-order valence-corrected chi connectivity index (χ4v) is 3.49. The summed E-state index contributed by atoms with van der Waals surface area (Å²) >= 11 is 0. The van der Waals surface area contributed by atoms with Crippen molar-refractivity contribution in [2.24, 2.45) is 7.05 Å². The molecule has 1 aliphatic carbocycles. The molecule has 3 heterocycles. The summed E-state index contributed by atoms with van der Waals surface area (Å²) in [5, 5.41) is 19.7. The van der Waals surface area contributed by atoms with E-state index in [2.05, 4.69) is 20.7 Å². The monoisotopic (exact) mass is 352 g/mol. The molecule has 2 N–H and O–H groups in total. The fraction of sp³-hybridized carbons (Fsp3) is 0.444. The second kappa shape index (κ2) is 6.77. The minimum atomic E-state index is -0.0877. The van der Waals surface area contributed by atoms with Crippen LogP contribution in [0.4, 0.5) is 5.69 Å². The van der Waals surface area contributed by atoms with Crippen LogP contribution < -0.4 is 10.6 Å². The predicted octanol–water partition coefficient (Wildman–Crippen LogP) is 1.13. The van der Waals surface area contributed by atoms with Gasteiger partial charge in [-0.05, 0) is 25.0 Å². The number of carbonyl (C=O) groups excluding carboxylic acids is 1. The highest BCUT2D eigenvalue weighted by Gasteiger charge is 2.32. The van der Waals surface area contributed by atoms with Crippen molar-refractivity contribution in [2.75, 3.05) is 11.9 Å². The second-order valence-electron chi connectivity index (χ2n) is 6.73. The second-order valence-corrected chi connectivity index (χ2v) is 6.73. The first-order valence-corrected chi connectivity index (χ1v) is 8.70. The van der Waals surface area contributed by atoms with Crippen molar-refractivity contribution >= 4 is 11.6 Å². The van der Waals surface area contributed by atoms with E-state index in [0.717, 1.165) is 36.2 Å². The van der Waals surface area contributed by atoms with E-state index in [1.54, 1.807) is 24.0 Å². The van der Waals surface area contributed by atoms with Gasteiger partial charge in [-0.1, -0.05) is 0 Å². The Morgan fingerprint density at radius 1 is 1.38 bits per heavy atom. The van der Waals surface area contributed by atoms with Crippen LogP contribution in [0.1, 0.15) is 40.3 Å². The van der Waals surface area contributed by atoms with E-state index in [0.29, 0.717) is 30.6 Å². The van der Waals surface area contributed by atoms with Crippen LogP contribution in [-0.2, 0) is 24.8 Å². The van der Waals surface area contributed by atoms with Crippen molar-refractivity contribution in [2.45, 2.75) is 38.0 Å². The number of ether oxygens (including phenoxy) is 1. The molecule has 2 aromatic rings. The first-order valence-electron chi connectivity index (χ1n) is 8.70. The van der Waals surface area contributed by atoms with E-state index in [4.69, 9.17) is 10.00 Å². The van der Waals surface area contributed by atoms with Crippen molar-refractivity contribution in [3.63, 3.8) is 0 Å². The third-order valence-electron chi connectivity index (χ3n) is 4.90. The zero-order valence-corrected chi connectivity index (χ0v) is 14.5. The van der Waals surface area contributed by atoms with E-state index in [1.807, 2.05) is 12.1 Å². The Morgan fingerprint density at radius 2 is 2.23 bits per heavy atom. The van der Waals surface area contributed by atoms with Crippen molar-refractivity contribution in [3.05, 3.63) is 41.0 Å². The number of amides is 1. The van der Waals surface area contributed by atoms with Gasteiger partial charge in [-0.3, -0.25) is 9.48 Å². The highest BCUT2D eigenvalue weighted by molar-refractivity contribution is 5.94. The summed E-state index contributed by atoms with van der Waals surface area (Å²) in [4.78, 5) is 16.7. The summed E-state index contributed by atoms with van der Waals surface area (Å²) in [5.41, 5.74) is 3.76. The lowest BCUT2D eigenvalue weighted by molar-refractivity contribution is 0.0884. The molecule has 0 radical (unpaired) electrons. The molecule has 0 atom stereocenters. The molecular weight excluding hydrogens is 332 g/mol. The molecule has 4 rings (SSSR count). The van der Waals surface area contributed by atoms with Gasteiger partial charge in [-0.2, -0.15) is 10.4 Å². The lowest BCUT2D eigenvalue weighted by Crippen LogP contribution is -2.50. The van der Waals surface area contributed by atoms with E-state index in [1.165, 1.54) is 0 Å². The number of rotatable bonds is 4. The average molecular weight is 352 g/mol. The number of aromatic nitrogens is 3. The molecule has 0 unspecified atom stereocenters. The summed E-state index contributed by atoms with van der Waals surface area (Å²) in [7, 11) is 1.80. The summed E-state index contributed by atoms with van der Waals surface area (Å²) in [5.74, 6) is -0.0877. The number of hydrogen-bond donors (Lipinski definition) is 2. The van der Waals surface area contributed by atoms with E-state index >= 15 is 0 Å². The van der Waals surface area contributed by atoms with E-state index < -0.39 is 0 Å². The molecule has 26 heavy (non-hydrogen) atoms. The van der Waals surface area contributed by atoms with Crippen LogP contribution in [0.5, 0.6) is 0 Å². The van der Waals surface area contributed by atoms with Crippen molar-refractivity contribution in [1.82, 2.24) is 20.1 Å². The minimum Gasteiger partial charge on any atom is -0.381 e. The number of pyridine rings is 1. The molecular formula is C18H20N6O2. The Kier molecular flexibility index (Phi) is 4.31. The molecule has 2 aromatic heterocycles. The Labute approximate surface area is 151 Å². The number of nitriles is 1. The lowest BCUT2D eigenvalue weighted by atomic mass is 9.86. The largest absolute Gasteiger partial charge is 0.381 e. The highest BCUT2D eigenvalue weighted by Crippen LogP contribution is 2.25. The van der Waals surface area contributed by atoms with Crippen LogP contribution in [0.15, 0.2) is 18.3 Å². The first kappa shape index (κ1) is 16.5. The SMILES string of the molecule is Cn1nc2c(c1C(=O)NC1CC(Nc3ccc(C#N)nc3)C1)COCC2. The molecule has 8 nitrogen and oxygen atoms in total. The molecule has 2 aliphatic rings. The smallest absolute Gasteiger partial charge is 0.270 e. The van der Waals surface area contributed by atoms with Crippen LogP contribution in [0.3, 0.4) is 0 Å². The number of hydrogen-bond acceptors (Lipinski definition) is 6. The molecule has 0 saturated heterocycles. The Bertz CT molecular complexity index is 861. The first-order chi connectivity index (χ1) is 12.6. The normalized spacial score (nSPS) is 21.2. The summed E-state index contributed by atoms with van der Waals surface area (Å²) in [6.07, 6.45) is 4.11. The minimum absolute atomic E-state index is 0.0877. The molecule has 0 spiro atoms. The van der Waals surface area contributed by atoms with Gasteiger partial charge in [-0.25, -0.2) is 4.98 Å². The van der Waals surface area contributed by atoms with Crippen LogP contribution in [-0.4, -0.2) is 39.4 Å². The van der Waals surface area contributed by atoms with E-state index in [-0.39, 0.29) is 11.9 Å². The van der Waals surface area contributed by atoms with Gasteiger partial charge in [0.25, 0.3) is 5.91 Å². The van der Waals surface area contributed by atoms with E-state index in [9.17, 15) is 4.79 Å². The Morgan fingerprint density at radius 3 is 2.96 bits per heavy atom. The molecule has 1 amide bonds. The topological polar surface area (TPSA) is 105 Å². The maximum atomic E-state index is 12.6. The third-order valence-corrected chi connectivity index (χ3v) is 4.90. The zero-order valence-electron chi connectivity index (χ0n) is 14.5. The molecule has 0 bridgehead atoms. The van der Waals surface area contributed by atoms with Gasteiger partial charge >= 0.3 is 0 Å². The number of aryl methyl sites for hydroxylation is 1. The third kappa shape index (κ3) is 3.13. The maximum Gasteiger partial charge on any atom is 0.270 e. The predicted molar refractivity (Wildman–Crippen MR) is 93.4 cm³/mol. The van der Waals surface area contributed by atoms with Gasteiger partial charge in [-0.15, -0.1) is 0 Å². The van der Waals surface area contributed by atoms with Gasteiger partial charge in [0.15, 0.2) is 0 Å². The Balaban J connectivity index is 1.32.